The van der Waals surface area contributed by atoms with E-state index in [4.69, 9.17) is 14.0 Å². The summed E-state index contributed by atoms with van der Waals surface area (Å²) in [5.41, 5.74) is 1.10. The minimum Gasteiger partial charge on any atom is -0.493 e. The third kappa shape index (κ3) is 3.30. The summed E-state index contributed by atoms with van der Waals surface area (Å²) in [7, 11) is 3.16. The number of hydrogen-bond acceptors (Lipinski definition) is 6. The van der Waals surface area contributed by atoms with Gasteiger partial charge < -0.3 is 18.9 Å². The van der Waals surface area contributed by atoms with E-state index >= 15 is 0 Å². The van der Waals surface area contributed by atoms with Gasteiger partial charge in [-0.3, -0.25) is 4.79 Å². The van der Waals surface area contributed by atoms with Gasteiger partial charge in [0.1, 0.15) is 0 Å². The van der Waals surface area contributed by atoms with Gasteiger partial charge in [-0.25, -0.2) is 0 Å². The molecule has 27 heavy (non-hydrogen) atoms. The first-order valence-corrected chi connectivity index (χ1v) is 9.62. The molecule has 0 bridgehead atoms. The van der Waals surface area contributed by atoms with Gasteiger partial charge in [-0.1, -0.05) is 11.2 Å². The molecule has 1 aromatic carbocycles. The number of carbonyl (C=O) groups is 1. The van der Waals surface area contributed by atoms with Gasteiger partial charge >= 0.3 is 0 Å². The number of hydrogen-bond donors (Lipinski definition) is 0. The van der Waals surface area contributed by atoms with Crippen molar-refractivity contribution in [1.29, 1.82) is 0 Å². The zero-order valence-electron chi connectivity index (χ0n) is 15.2. The second-order valence-corrected chi connectivity index (χ2v) is 7.30. The fourth-order valence-electron chi connectivity index (χ4n) is 3.44. The van der Waals surface area contributed by atoms with Crippen LogP contribution in [-0.4, -0.2) is 36.7 Å². The van der Waals surface area contributed by atoms with Crippen molar-refractivity contribution in [3.8, 4) is 22.8 Å². The van der Waals surface area contributed by atoms with Gasteiger partial charge in [0.15, 0.2) is 23.0 Å². The number of thiophene rings is 1. The van der Waals surface area contributed by atoms with Gasteiger partial charge in [-0.2, -0.15) is 0 Å². The Morgan fingerprint density at radius 1 is 1.22 bits per heavy atom. The van der Waals surface area contributed by atoms with Crippen LogP contribution in [0.15, 0.2) is 46.3 Å². The fraction of sp³-hybridized carbons (Fsp3) is 0.300. The zero-order chi connectivity index (χ0) is 18.8. The number of benzene rings is 1. The molecule has 1 amide bonds. The summed E-state index contributed by atoms with van der Waals surface area (Å²) in [6.45, 7) is 0.736. The van der Waals surface area contributed by atoms with E-state index < -0.39 is 0 Å². The van der Waals surface area contributed by atoms with Crippen molar-refractivity contribution in [2.45, 2.75) is 18.9 Å². The Kier molecular flexibility index (Phi) is 4.85. The van der Waals surface area contributed by atoms with Crippen molar-refractivity contribution < 1.29 is 18.8 Å². The smallest absolute Gasteiger partial charge is 0.276 e. The topological polar surface area (TPSA) is 64.8 Å². The first-order chi connectivity index (χ1) is 13.2. The number of ether oxygens (including phenoxy) is 2. The molecule has 2 aromatic heterocycles. The maximum absolute atomic E-state index is 13.0. The summed E-state index contributed by atoms with van der Waals surface area (Å²) in [6.07, 6.45) is 1.97. The van der Waals surface area contributed by atoms with Crippen LogP contribution in [0.2, 0.25) is 0 Å². The third-order valence-electron chi connectivity index (χ3n) is 4.78. The van der Waals surface area contributed by atoms with E-state index in [9.17, 15) is 4.79 Å². The lowest BCUT2D eigenvalue weighted by Crippen LogP contribution is -2.30. The van der Waals surface area contributed by atoms with E-state index in [-0.39, 0.29) is 11.9 Å². The Bertz CT molecular complexity index is 935. The molecule has 1 fully saturated rings. The molecule has 7 heteroatoms. The van der Waals surface area contributed by atoms with Crippen LogP contribution in [0.4, 0.5) is 0 Å². The molecule has 1 atom stereocenters. The first kappa shape index (κ1) is 17.6. The number of aromatic nitrogens is 1. The lowest BCUT2D eigenvalue weighted by Gasteiger charge is -2.22. The summed E-state index contributed by atoms with van der Waals surface area (Å²) in [5, 5.41) is 6.06. The molecule has 1 aliphatic heterocycles. The van der Waals surface area contributed by atoms with Crippen LogP contribution in [0, 0.1) is 0 Å². The van der Waals surface area contributed by atoms with E-state index in [1.165, 1.54) is 4.88 Å². The van der Waals surface area contributed by atoms with E-state index in [2.05, 4.69) is 11.2 Å². The number of amides is 1. The predicted molar refractivity (Wildman–Crippen MR) is 102 cm³/mol. The van der Waals surface area contributed by atoms with Crippen LogP contribution < -0.4 is 9.47 Å². The highest BCUT2D eigenvalue weighted by Gasteiger charge is 2.32. The highest BCUT2D eigenvalue weighted by Crippen LogP contribution is 2.36. The molecular formula is C20H20N2O4S. The molecule has 0 spiro atoms. The van der Waals surface area contributed by atoms with Crippen LogP contribution in [0.5, 0.6) is 11.5 Å². The molecule has 0 saturated carbocycles. The Morgan fingerprint density at radius 2 is 2.07 bits per heavy atom. The molecule has 140 valence electrons. The number of rotatable bonds is 5. The second-order valence-electron chi connectivity index (χ2n) is 6.32. The molecule has 0 N–H and O–H groups in total. The van der Waals surface area contributed by atoms with Gasteiger partial charge in [0, 0.05) is 23.1 Å². The van der Waals surface area contributed by atoms with Gasteiger partial charge in [0.2, 0.25) is 0 Å². The number of likely N-dealkylation sites (tertiary alicyclic amines) is 1. The molecule has 1 aliphatic rings. The van der Waals surface area contributed by atoms with Gasteiger partial charge in [0.25, 0.3) is 5.91 Å². The van der Waals surface area contributed by atoms with E-state index in [1.807, 2.05) is 22.4 Å². The van der Waals surface area contributed by atoms with Crippen molar-refractivity contribution in [2.75, 3.05) is 20.8 Å². The standard InChI is InChI=1S/C20H20N2O4S/c1-24-16-8-7-13(11-18(16)25-2)17-12-14(21-26-17)20(23)22-9-3-5-15(22)19-6-4-10-27-19/h4,6-8,10-12,15H,3,5,9H2,1-2H3. The fourth-order valence-corrected chi connectivity index (χ4v) is 4.31. The molecule has 4 rings (SSSR count). The monoisotopic (exact) mass is 384 g/mol. The minimum absolute atomic E-state index is 0.0959. The lowest BCUT2D eigenvalue weighted by atomic mass is 10.1. The maximum Gasteiger partial charge on any atom is 0.276 e. The quantitative estimate of drug-likeness (QED) is 0.652. The second kappa shape index (κ2) is 7.44. The van der Waals surface area contributed by atoms with Crippen LogP contribution in [0.25, 0.3) is 11.3 Å². The van der Waals surface area contributed by atoms with Crippen LogP contribution in [0.1, 0.15) is 34.2 Å². The maximum atomic E-state index is 13.0. The minimum atomic E-state index is -0.0959. The van der Waals surface area contributed by atoms with Crippen molar-refractivity contribution in [3.05, 3.63) is 52.3 Å². The molecule has 3 heterocycles. The number of methoxy groups -OCH3 is 2. The Hall–Kier alpha value is -2.80. The molecular weight excluding hydrogens is 364 g/mol. The average Bonchev–Trinajstić information content (AvgIpc) is 3.47. The molecule has 3 aromatic rings. The van der Waals surface area contributed by atoms with Crippen LogP contribution in [-0.2, 0) is 0 Å². The van der Waals surface area contributed by atoms with Crippen molar-refractivity contribution in [1.82, 2.24) is 10.1 Å². The first-order valence-electron chi connectivity index (χ1n) is 8.74. The molecule has 1 unspecified atom stereocenters. The van der Waals surface area contributed by atoms with Gasteiger partial charge in [0.05, 0.1) is 20.3 Å². The Labute approximate surface area is 161 Å². The predicted octanol–water partition coefficient (Wildman–Crippen LogP) is 4.40. The van der Waals surface area contributed by atoms with Crippen LogP contribution >= 0.6 is 11.3 Å². The van der Waals surface area contributed by atoms with Gasteiger partial charge in [-0.05, 0) is 42.5 Å². The highest BCUT2D eigenvalue weighted by molar-refractivity contribution is 7.10. The molecule has 1 saturated heterocycles. The zero-order valence-corrected chi connectivity index (χ0v) is 16.0. The normalized spacial score (nSPS) is 16.5. The van der Waals surface area contributed by atoms with Crippen molar-refractivity contribution in [2.24, 2.45) is 0 Å². The van der Waals surface area contributed by atoms with Gasteiger partial charge in [-0.15, -0.1) is 11.3 Å². The molecule has 0 aliphatic carbocycles. The highest BCUT2D eigenvalue weighted by atomic mass is 32.1. The Morgan fingerprint density at radius 3 is 2.81 bits per heavy atom. The molecule has 0 radical (unpaired) electrons. The Balaban J connectivity index is 1.58. The van der Waals surface area contributed by atoms with E-state index in [1.54, 1.807) is 43.8 Å². The van der Waals surface area contributed by atoms with E-state index in [0.717, 1.165) is 24.9 Å². The number of carbonyl (C=O) groups excluding carboxylic acids is 1. The van der Waals surface area contributed by atoms with Crippen molar-refractivity contribution >= 4 is 17.2 Å². The average molecular weight is 384 g/mol. The summed E-state index contributed by atoms with van der Waals surface area (Å²) >= 11 is 1.68. The van der Waals surface area contributed by atoms with Crippen molar-refractivity contribution in [3.63, 3.8) is 0 Å². The third-order valence-corrected chi connectivity index (χ3v) is 5.76. The largest absolute Gasteiger partial charge is 0.493 e. The summed E-state index contributed by atoms with van der Waals surface area (Å²) in [4.78, 5) is 16.1. The summed E-state index contributed by atoms with van der Waals surface area (Å²) in [6, 6.07) is 11.4. The SMILES string of the molecule is COc1ccc(-c2cc(C(=O)N3CCCC3c3cccs3)no2)cc1OC. The van der Waals surface area contributed by atoms with E-state index in [0.29, 0.717) is 23.0 Å². The summed E-state index contributed by atoms with van der Waals surface area (Å²) in [5.74, 6) is 1.65. The van der Waals surface area contributed by atoms with Crippen LogP contribution in [0.3, 0.4) is 0 Å². The summed E-state index contributed by atoms with van der Waals surface area (Å²) < 4.78 is 16.0. The molecule has 6 nitrogen and oxygen atoms in total. The lowest BCUT2D eigenvalue weighted by molar-refractivity contribution is 0.0727. The number of nitrogens with zero attached hydrogens (tertiary/aromatic N) is 2.